The second-order valence-corrected chi connectivity index (χ2v) is 3.69. The number of methoxy groups -OCH3 is 1. The van der Waals surface area contributed by atoms with Gasteiger partial charge in [0, 0.05) is 12.6 Å². The third-order valence-corrected chi connectivity index (χ3v) is 2.18. The molecule has 1 aromatic rings. The van der Waals surface area contributed by atoms with Crippen LogP contribution in [0.4, 0.5) is 5.95 Å². The van der Waals surface area contributed by atoms with Crippen LogP contribution in [0, 0.1) is 0 Å². The van der Waals surface area contributed by atoms with E-state index in [1.807, 2.05) is 6.92 Å². The quantitative estimate of drug-likeness (QED) is 0.846. The van der Waals surface area contributed by atoms with Crippen LogP contribution in [0.2, 0.25) is 0 Å². The maximum atomic E-state index is 5.46. The Bertz CT molecular complexity index is 307. The Kier molecular flexibility index (Phi) is 4.09. The van der Waals surface area contributed by atoms with E-state index in [4.69, 9.17) is 10.5 Å². The number of hydrogen-bond donors (Lipinski definition) is 2. The summed E-state index contributed by atoms with van der Waals surface area (Å²) in [7, 11) is 1.56. The minimum atomic E-state index is 0.140. The Balaban J connectivity index is 2.79. The smallest absolute Gasteiger partial charge is 0.232 e. The maximum absolute atomic E-state index is 5.46. The van der Waals surface area contributed by atoms with E-state index >= 15 is 0 Å². The van der Waals surface area contributed by atoms with Gasteiger partial charge in [0.2, 0.25) is 11.8 Å². The highest BCUT2D eigenvalue weighted by Crippen LogP contribution is 2.21. The average Bonchev–Trinajstić information content (AvgIpc) is 2.20. The monoisotopic (exact) mass is 260 g/mol. The van der Waals surface area contributed by atoms with Gasteiger partial charge in [-0.1, -0.05) is 0 Å². The fourth-order valence-electron chi connectivity index (χ4n) is 0.843. The number of nitrogens with two attached hydrogens (primary N) is 1. The van der Waals surface area contributed by atoms with Crippen molar-refractivity contribution in [2.45, 2.75) is 13.0 Å². The van der Waals surface area contributed by atoms with Gasteiger partial charge in [0.15, 0.2) is 0 Å². The molecule has 5 nitrogen and oxygen atoms in total. The number of nitrogens with one attached hydrogen (secondary N) is 1. The number of hydrogen-bond acceptors (Lipinski definition) is 5. The number of ether oxygens (including phenoxy) is 1. The Morgan fingerprint density at radius 3 is 3.00 bits per heavy atom. The predicted molar refractivity (Wildman–Crippen MR) is 58.4 cm³/mol. The average molecular weight is 261 g/mol. The van der Waals surface area contributed by atoms with Gasteiger partial charge in [0.25, 0.3) is 0 Å². The molecule has 0 radical (unpaired) electrons. The molecule has 1 atom stereocenters. The molecule has 14 heavy (non-hydrogen) atoms. The molecule has 3 N–H and O–H groups in total. The van der Waals surface area contributed by atoms with Crippen molar-refractivity contribution in [1.29, 1.82) is 0 Å². The highest BCUT2D eigenvalue weighted by Gasteiger charge is 2.06. The van der Waals surface area contributed by atoms with E-state index in [0.29, 0.717) is 18.4 Å². The van der Waals surface area contributed by atoms with Crippen LogP contribution in [0.5, 0.6) is 5.88 Å². The number of rotatable bonds is 4. The largest absolute Gasteiger partial charge is 0.480 e. The number of aromatic nitrogens is 2. The Hall–Kier alpha value is -0.880. The van der Waals surface area contributed by atoms with E-state index in [0.717, 1.165) is 4.47 Å². The van der Waals surface area contributed by atoms with Crippen molar-refractivity contribution in [1.82, 2.24) is 9.97 Å². The second-order valence-electron chi connectivity index (χ2n) is 2.83. The van der Waals surface area contributed by atoms with E-state index in [1.165, 1.54) is 0 Å². The van der Waals surface area contributed by atoms with Gasteiger partial charge in [-0.25, -0.2) is 4.98 Å². The molecular formula is C8H13BrN4O. The Morgan fingerprint density at radius 1 is 1.71 bits per heavy atom. The molecule has 0 saturated carbocycles. The van der Waals surface area contributed by atoms with Gasteiger partial charge in [-0.3, -0.25) is 0 Å². The summed E-state index contributed by atoms with van der Waals surface area (Å²) >= 11 is 3.27. The van der Waals surface area contributed by atoms with Crippen LogP contribution in [0.3, 0.4) is 0 Å². The number of nitrogens with zero attached hydrogens (tertiary/aromatic N) is 2. The molecule has 1 heterocycles. The zero-order valence-corrected chi connectivity index (χ0v) is 9.71. The first-order valence-electron chi connectivity index (χ1n) is 4.20. The summed E-state index contributed by atoms with van der Waals surface area (Å²) in [5, 5.41) is 3.05. The lowest BCUT2D eigenvalue weighted by molar-refractivity contribution is 0.394. The van der Waals surface area contributed by atoms with Gasteiger partial charge in [-0.05, 0) is 22.9 Å². The van der Waals surface area contributed by atoms with Crippen molar-refractivity contribution in [3.05, 3.63) is 10.7 Å². The SMILES string of the molecule is COc1nc(NC(C)CN)ncc1Br. The fourth-order valence-corrected chi connectivity index (χ4v) is 1.20. The zero-order chi connectivity index (χ0) is 10.6. The van der Waals surface area contributed by atoms with Crippen LogP contribution in [0.25, 0.3) is 0 Å². The summed E-state index contributed by atoms with van der Waals surface area (Å²) in [5.41, 5.74) is 5.46. The van der Waals surface area contributed by atoms with Crippen LogP contribution in [-0.4, -0.2) is 29.7 Å². The standard InChI is InChI=1S/C8H13BrN4O/c1-5(3-10)12-8-11-4-6(9)7(13-8)14-2/h4-5H,3,10H2,1-2H3,(H,11,12,13). The molecule has 1 unspecified atom stereocenters. The lowest BCUT2D eigenvalue weighted by Gasteiger charge is -2.11. The first-order chi connectivity index (χ1) is 6.67. The van der Waals surface area contributed by atoms with E-state index in [2.05, 4.69) is 31.2 Å². The molecule has 1 aromatic heterocycles. The van der Waals surface area contributed by atoms with E-state index in [-0.39, 0.29) is 6.04 Å². The van der Waals surface area contributed by atoms with Crippen molar-refractivity contribution in [2.75, 3.05) is 19.0 Å². The fraction of sp³-hybridized carbons (Fsp3) is 0.500. The third-order valence-electron chi connectivity index (χ3n) is 1.63. The van der Waals surface area contributed by atoms with Gasteiger partial charge in [-0.15, -0.1) is 0 Å². The first kappa shape index (κ1) is 11.2. The molecule has 0 aromatic carbocycles. The molecule has 0 aliphatic carbocycles. The molecule has 0 amide bonds. The highest BCUT2D eigenvalue weighted by atomic mass is 79.9. The summed E-state index contributed by atoms with van der Waals surface area (Å²) in [4.78, 5) is 8.20. The van der Waals surface area contributed by atoms with Crippen molar-refractivity contribution >= 4 is 21.9 Å². The van der Waals surface area contributed by atoms with Crippen molar-refractivity contribution in [3.63, 3.8) is 0 Å². The van der Waals surface area contributed by atoms with E-state index in [9.17, 15) is 0 Å². The van der Waals surface area contributed by atoms with Gasteiger partial charge in [-0.2, -0.15) is 4.98 Å². The summed E-state index contributed by atoms with van der Waals surface area (Å²) in [6.07, 6.45) is 1.64. The molecule has 78 valence electrons. The molecule has 0 bridgehead atoms. The normalized spacial score (nSPS) is 12.3. The molecule has 0 saturated heterocycles. The summed E-state index contributed by atoms with van der Waals surface area (Å²) < 4.78 is 5.76. The third kappa shape index (κ3) is 2.81. The van der Waals surface area contributed by atoms with Crippen LogP contribution in [-0.2, 0) is 0 Å². The molecule has 6 heteroatoms. The minimum absolute atomic E-state index is 0.140. The Labute approximate surface area is 91.2 Å². The number of halogens is 1. The van der Waals surface area contributed by atoms with Gasteiger partial charge < -0.3 is 15.8 Å². The van der Waals surface area contributed by atoms with Crippen molar-refractivity contribution in [3.8, 4) is 5.88 Å². The maximum Gasteiger partial charge on any atom is 0.232 e. The molecular weight excluding hydrogens is 248 g/mol. The predicted octanol–water partition coefficient (Wildman–Crippen LogP) is 1.01. The van der Waals surface area contributed by atoms with E-state index in [1.54, 1.807) is 13.3 Å². The molecule has 0 spiro atoms. The van der Waals surface area contributed by atoms with E-state index < -0.39 is 0 Å². The van der Waals surface area contributed by atoms with Gasteiger partial charge in [0.05, 0.1) is 17.8 Å². The molecule has 0 aliphatic heterocycles. The van der Waals surface area contributed by atoms with Crippen LogP contribution >= 0.6 is 15.9 Å². The molecule has 0 fully saturated rings. The van der Waals surface area contributed by atoms with Gasteiger partial charge in [0.1, 0.15) is 0 Å². The van der Waals surface area contributed by atoms with Crippen molar-refractivity contribution in [2.24, 2.45) is 5.73 Å². The van der Waals surface area contributed by atoms with Crippen LogP contribution in [0.15, 0.2) is 10.7 Å². The minimum Gasteiger partial charge on any atom is -0.480 e. The Morgan fingerprint density at radius 2 is 2.43 bits per heavy atom. The topological polar surface area (TPSA) is 73.1 Å². The van der Waals surface area contributed by atoms with Crippen LogP contribution < -0.4 is 15.8 Å². The lowest BCUT2D eigenvalue weighted by atomic mass is 10.3. The molecule has 1 rings (SSSR count). The summed E-state index contributed by atoms with van der Waals surface area (Å²) in [6, 6.07) is 0.140. The van der Waals surface area contributed by atoms with Crippen molar-refractivity contribution < 1.29 is 4.74 Å². The summed E-state index contributed by atoms with van der Waals surface area (Å²) in [6.45, 7) is 2.49. The zero-order valence-electron chi connectivity index (χ0n) is 8.12. The highest BCUT2D eigenvalue weighted by molar-refractivity contribution is 9.10. The first-order valence-corrected chi connectivity index (χ1v) is 4.99. The summed E-state index contributed by atoms with van der Waals surface area (Å²) in [5.74, 6) is 1.02. The lowest BCUT2D eigenvalue weighted by Crippen LogP contribution is -2.26. The van der Waals surface area contributed by atoms with Gasteiger partial charge >= 0.3 is 0 Å². The molecule has 0 aliphatic rings. The van der Waals surface area contributed by atoms with Crippen LogP contribution in [0.1, 0.15) is 6.92 Å². The second kappa shape index (κ2) is 5.11. The number of anilines is 1.